The van der Waals surface area contributed by atoms with Crippen LogP contribution in [-0.4, -0.2) is 4.57 Å². The Balaban J connectivity index is 1.12. The van der Waals surface area contributed by atoms with Crippen molar-refractivity contribution >= 4 is 50.4 Å². The average Bonchev–Trinajstić information content (AvgIpc) is 3.72. The average molecular weight is 863 g/mol. The van der Waals surface area contributed by atoms with Crippen LogP contribution in [0, 0.1) is 5.92 Å². The van der Waals surface area contributed by atoms with Gasteiger partial charge in [0.25, 0.3) is 0 Å². The molecule has 12 rings (SSSR count). The number of allylic oxidation sites excluding steroid dienone is 1. The van der Waals surface area contributed by atoms with E-state index in [9.17, 15) is 0 Å². The minimum atomic E-state index is 0.252. The van der Waals surface area contributed by atoms with Crippen LogP contribution in [0.4, 0.5) is 17.1 Å². The number of rotatable bonds is 9. The summed E-state index contributed by atoms with van der Waals surface area (Å²) >= 11 is 0. The lowest BCUT2D eigenvalue weighted by Gasteiger charge is -2.34. The molecule has 1 heterocycles. The van der Waals surface area contributed by atoms with Crippen molar-refractivity contribution in [2.45, 2.75) is 51.4 Å². The molecule has 1 aromatic heterocycles. The second-order valence-electron chi connectivity index (χ2n) is 18.7. The van der Waals surface area contributed by atoms with Crippen molar-refractivity contribution in [1.82, 2.24) is 4.57 Å². The van der Waals surface area contributed by atoms with Gasteiger partial charge in [-0.15, -0.1) is 0 Å². The lowest BCUT2D eigenvalue weighted by atomic mass is 9.80. The minimum absolute atomic E-state index is 0.252. The van der Waals surface area contributed by atoms with Gasteiger partial charge in [0.1, 0.15) is 0 Å². The molecule has 0 amide bonds. The molecule has 0 radical (unpaired) electrons. The van der Waals surface area contributed by atoms with E-state index in [2.05, 4.69) is 241 Å². The van der Waals surface area contributed by atoms with Crippen LogP contribution in [0.25, 0.3) is 72.4 Å². The first-order valence-corrected chi connectivity index (χ1v) is 24.3. The smallest absolute Gasteiger partial charge is 0.0540 e. The largest absolute Gasteiger partial charge is 0.313 e. The maximum absolute atomic E-state index is 2.60. The maximum atomic E-state index is 2.60. The van der Waals surface area contributed by atoms with E-state index < -0.39 is 0 Å². The third kappa shape index (κ3) is 7.38. The van der Waals surface area contributed by atoms with Gasteiger partial charge in [-0.3, -0.25) is 0 Å². The van der Waals surface area contributed by atoms with Crippen LogP contribution in [-0.2, 0) is 6.42 Å². The van der Waals surface area contributed by atoms with E-state index in [0.29, 0.717) is 5.92 Å². The summed E-state index contributed by atoms with van der Waals surface area (Å²) in [5.74, 6) is 0.818. The van der Waals surface area contributed by atoms with E-state index in [4.69, 9.17) is 0 Å². The summed E-state index contributed by atoms with van der Waals surface area (Å²) < 4.78 is 2.50. The predicted molar refractivity (Wildman–Crippen MR) is 285 cm³/mol. The van der Waals surface area contributed by atoms with Gasteiger partial charge < -0.3 is 9.47 Å². The molecular weight excluding hydrogens is 809 g/mol. The molecule has 10 aromatic rings. The summed E-state index contributed by atoms with van der Waals surface area (Å²) in [4.78, 5) is 2.60. The normalized spacial score (nSPS) is 15.1. The van der Waals surface area contributed by atoms with Crippen molar-refractivity contribution in [2.75, 3.05) is 4.90 Å². The highest BCUT2D eigenvalue weighted by molar-refractivity contribution is 6.06. The molecule has 2 nitrogen and oxygen atoms in total. The fraction of sp³-hybridized carbons (Fsp3) is 0.138. The Morgan fingerprint density at radius 2 is 1.06 bits per heavy atom. The van der Waals surface area contributed by atoms with Crippen LogP contribution >= 0.6 is 0 Å². The molecule has 0 saturated heterocycles. The van der Waals surface area contributed by atoms with E-state index >= 15 is 0 Å². The number of anilines is 3. The molecule has 67 heavy (non-hydrogen) atoms. The summed E-state index contributed by atoms with van der Waals surface area (Å²) in [5, 5.41) is 4.00. The number of fused-ring (bicyclic) bond motifs is 4. The number of aromatic nitrogens is 1. The standard InChI is InChI=1S/C65H54N2/c1-45-42-64-59(55-34-16-17-37-60(55)66(64)51-30-12-5-13-31-51)44-57(45)54-33-15-19-39-62(54)67(63-41-40-50(46-22-6-2-7-23-46)43-58(63)48-26-10-4-11-27-48)61-38-18-14-32-53(61)56-36-21-29-49-28-20-35-52(65(49)56)47-24-8-3-9-25-47/h2,4-7,10-23,26-41,43-45,47H,3,8-9,24-25,42H2,1H3. The third-order valence-corrected chi connectivity index (χ3v) is 14.7. The predicted octanol–water partition coefficient (Wildman–Crippen LogP) is 18.0. The van der Waals surface area contributed by atoms with Crippen molar-refractivity contribution in [2.24, 2.45) is 5.92 Å². The van der Waals surface area contributed by atoms with Crippen LogP contribution in [0.15, 0.2) is 218 Å². The van der Waals surface area contributed by atoms with Gasteiger partial charge in [0.15, 0.2) is 0 Å². The highest BCUT2D eigenvalue weighted by atomic mass is 15.2. The second kappa shape index (κ2) is 17.6. The van der Waals surface area contributed by atoms with Crippen LogP contribution in [0.5, 0.6) is 0 Å². The molecular formula is C65H54N2. The van der Waals surface area contributed by atoms with Gasteiger partial charge in [-0.2, -0.15) is 0 Å². The van der Waals surface area contributed by atoms with E-state index in [1.54, 1.807) is 0 Å². The van der Waals surface area contributed by atoms with Crippen molar-refractivity contribution < 1.29 is 0 Å². The first-order valence-electron chi connectivity index (χ1n) is 24.3. The molecule has 0 N–H and O–H groups in total. The maximum Gasteiger partial charge on any atom is 0.0540 e. The molecule has 1 unspecified atom stereocenters. The van der Waals surface area contributed by atoms with Crippen LogP contribution < -0.4 is 4.90 Å². The van der Waals surface area contributed by atoms with Crippen molar-refractivity contribution in [3.8, 4) is 39.1 Å². The van der Waals surface area contributed by atoms with E-state index in [1.807, 2.05) is 0 Å². The summed E-state index contributed by atoms with van der Waals surface area (Å²) in [6, 6.07) is 81.1. The Bertz CT molecular complexity index is 3420. The van der Waals surface area contributed by atoms with Gasteiger partial charge >= 0.3 is 0 Å². The van der Waals surface area contributed by atoms with Crippen LogP contribution in [0.3, 0.4) is 0 Å². The highest BCUT2D eigenvalue weighted by Crippen LogP contribution is 2.51. The molecule has 324 valence electrons. The second-order valence-corrected chi connectivity index (χ2v) is 18.7. The number of benzene rings is 9. The highest BCUT2D eigenvalue weighted by Gasteiger charge is 2.30. The molecule has 0 spiro atoms. The molecule has 1 fully saturated rings. The topological polar surface area (TPSA) is 8.17 Å². The Kier molecular flexibility index (Phi) is 10.7. The van der Waals surface area contributed by atoms with E-state index in [0.717, 1.165) is 17.8 Å². The Hall–Kier alpha value is -7.68. The van der Waals surface area contributed by atoms with Gasteiger partial charge in [0.2, 0.25) is 0 Å². The van der Waals surface area contributed by atoms with Gasteiger partial charge in [-0.25, -0.2) is 0 Å². The molecule has 2 heteroatoms. The lowest BCUT2D eigenvalue weighted by Crippen LogP contribution is -2.17. The fourth-order valence-corrected chi connectivity index (χ4v) is 11.5. The van der Waals surface area contributed by atoms with Crippen molar-refractivity contribution in [1.29, 1.82) is 0 Å². The zero-order valence-corrected chi connectivity index (χ0v) is 38.2. The Morgan fingerprint density at radius 3 is 1.82 bits per heavy atom. The molecule has 9 aromatic carbocycles. The van der Waals surface area contributed by atoms with Gasteiger partial charge in [-0.05, 0) is 124 Å². The summed E-state index contributed by atoms with van der Waals surface area (Å²) in [6.07, 6.45) is 9.89. The molecule has 0 bridgehead atoms. The lowest BCUT2D eigenvalue weighted by molar-refractivity contribution is 0.445. The zero-order valence-electron chi connectivity index (χ0n) is 38.2. The number of hydrogen-bond acceptors (Lipinski definition) is 1. The quantitative estimate of drug-likeness (QED) is 0.140. The Morgan fingerprint density at radius 1 is 0.463 bits per heavy atom. The SMILES string of the molecule is CC1Cc2c(c3ccccc3n2-c2ccccc2)C=C1c1ccccc1N(c1ccc(-c2ccccc2)cc1-c1ccccc1)c1ccccc1-c1cccc2cccc(C3CCCCC3)c12. The number of para-hydroxylation sites is 4. The summed E-state index contributed by atoms with van der Waals surface area (Å²) in [6.45, 7) is 2.42. The first kappa shape index (κ1) is 40.8. The van der Waals surface area contributed by atoms with Crippen molar-refractivity contribution in [3.05, 3.63) is 241 Å². The molecule has 1 atom stereocenters. The molecule has 2 aliphatic carbocycles. The summed E-state index contributed by atoms with van der Waals surface area (Å²) in [7, 11) is 0. The third-order valence-electron chi connectivity index (χ3n) is 14.7. The van der Waals surface area contributed by atoms with Gasteiger partial charge in [0, 0.05) is 39.0 Å². The fourth-order valence-electron chi connectivity index (χ4n) is 11.5. The van der Waals surface area contributed by atoms with E-state index in [-0.39, 0.29) is 5.92 Å². The molecule has 1 saturated carbocycles. The number of nitrogens with zero attached hydrogens (tertiary/aromatic N) is 2. The Labute approximate surface area is 395 Å². The van der Waals surface area contributed by atoms with E-state index in [1.165, 1.54) is 126 Å². The molecule has 2 aliphatic rings. The minimum Gasteiger partial charge on any atom is -0.313 e. The van der Waals surface area contributed by atoms with Crippen molar-refractivity contribution in [3.63, 3.8) is 0 Å². The van der Waals surface area contributed by atoms with Gasteiger partial charge in [0.05, 0.1) is 22.6 Å². The first-order chi connectivity index (χ1) is 33.2. The molecule has 0 aliphatic heterocycles. The van der Waals surface area contributed by atoms with Gasteiger partial charge in [-0.1, -0.05) is 202 Å². The van der Waals surface area contributed by atoms with Crippen LogP contribution in [0.1, 0.15) is 67.3 Å². The zero-order chi connectivity index (χ0) is 44.7. The number of hydrogen-bond donors (Lipinski definition) is 0. The monoisotopic (exact) mass is 862 g/mol. The van der Waals surface area contributed by atoms with Crippen LogP contribution in [0.2, 0.25) is 0 Å². The summed E-state index contributed by atoms with van der Waals surface area (Å²) in [5.41, 5.74) is 20.0.